The van der Waals surface area contributed by atoms with Crippen LogP contribution in [0.25, 0.3) is 0 Å². The van der Waals surface area contributed by atoms with Gasteiger partial charge in [-0.15, -0.1) is 0 Å². The summed E-state index contributed by atoms with van der Waals surface area (Å²) in [4.78, 5) is 54.2. The number of H-pyrrole nitrogens is 2. The molecule has 3 aromatic rings. The molecule has 0 bridgehead atoms. The van der Waals surface area contributed by atoms with Crippen LogP contribution < -0.4 is 36.4 Å². The fourth-order valence-electron chi connectivity index (χ4n) is 6.64. The van der Waals surface area contributed by atoms with Crippen LogP contribution in [0.3, 0.4) is 0 Å². The second-order valence-corrected chi connectivity index (χ2v) is 13.2. The van der Waals surface area contributed by atoms with Gasteiger partial charge < -0.3 is 54.7 Å². The van der Waals surface area contributed by atoms with Gasteiger partial charge in [-0.3, -0.25) is 23.7 Å². The maximum atomic E-state index is 11.6. The van der Waals surface area contributed by atoms with Crippen molar-refractivity contribution in [2.45, 2.75) is 121 Å². The highest BCUT2D eigenvalue weighted by Gasteiger charge is 2.55. The zero-order chi connectivity index (χ0) is 37.8. The zero-order valence-corrected chi connectivity index (χ0v) is 29.4. The maximum Gasteiger partial charge on any atom is 1.00 e. The number of aliphatic hydroxyl groups is 5. The quantitative estimate of drug-likeness (QED) is 0.129. The van der Waals surface area contributed by atoms with E-state index in [0.717, 1.165) is 17.4 Å². The van der Waals surface area contributed by atoms with E-state index in [1.165, 1.54) is 13.1 Å². The second-order valence-electron chi connectivity index (χ2n) is 13.2. The highest BCUT2D eigenvalue weighted by atomic mass is 16.6. The van der Waals surface area contributed by atoms with E-state index in [1.807, 2.05) is 13.8 Å². The van der Waals surface area contributed by atoms with Crippen molar-refractivity contribution >= 4 is 0 Å². The van der Waals surface area contributed by atoms with Crippen LogP contribution in [0, 0.1) is 20.8 Å². The fourth-order valence-corrected chi connectivity index (χ4v) is 6.64. The number of rotatable bonds is 4. The molecule has 9 unspecified atom stereocenters. The summed E-state index contributed by atoms with van der Waals surface area (Å²) in [6.07, 6.45) is -2.09. The second kappa shape index (κ2) is 15.6. The largest absolute Gasteiger partial charge is 1.00 e. The number of fused-ring (bicyclic) bond motifs is 6. The third kappa shape index (κ3) is 7.18. The van der Waals surface area contributed by atoms with Gasteiger partial charge in [0.25, 0.3) is 11.1 Å². The van der Waals surface area contributed by atoms with E-state index in [1.54, 1.807) is 35.4 Å². The molecule has 8 rings (SSSR count). The fraction of sp³-hybridized carbons (Fsp3) is 0.625. The molecular formula is C32H45N6O15+. The molecule has 21 heteroatoms. The predicted octanol–water partition coefficient (Wildman–Crippen LogP) is -3.23. The highest BCUT2D eigenvalue weighted by Crippen LogP contribution is 2.40. The number of aryl methyl sites for hydroxylation is 3. The minimum Gasteiger partial charge on any atom is -0.870 e. The van der Waals surface area contributed by atoms with Gasteiger partial charge in [0, 0.05) is 23.5 Å². The lowest BCUT2D eigenvalue weighted by molar-refractivity contribution is -0.746. The van der Waals surface area contributed by atoms with Gasteiger partial charge in [-0.25, -0.2) is 9.59 Å². The number of aromatic nitrogens is 6. The Hall–Kier alpha value is -4.32. The SMILES string of the molecule is CCC1OC2C(Oc3[nH]c(=O)c(C)c[n+]32)C1O.CCC1OC2C(Oc3nc(=O)c(C)cn32)C1O.Cc1cn([C@@H]2O[C@H](CO)[C@H](O)C2O)c(=O)[nH]c1=O.[H+].[OH-]. The van der Waals surface area contributed by atoms with Gasteiger partial charge in [-0.2, -0.15) is 14.5 Å². The van der Waals surface area contributed by atoms with E-state index in [2.05, 4.69) is 15.0 Å². The molecule has 0 saturated carbocycles. The number of nitrogens with one attached hydrogen (secondary N) is 2. The first-order valence-electron chi connectivity index (χ1n) is 16.9. The van der Waals surface area contributed by atoms with Crippen molar-refractivity contribution in [1.82, 2.24) is 24.1 Å². The summed E-state index contributed by atoms with van der Waals surface area (Å²) in [5, 5.41) is 48.3. The van der Waals surface area contributed by atoms with E-state index < -0.39 is 66.8 Å². The number of ether oxygens (including phenoxy) is 5. The Bertz CT molecular complexity index is 1950. The predicted molar refractivity (Wildman–Crippen MR) is 177 cm³/mol. The van der Waals surface area contributed by atoms with Crippen molar-refractivity contribution in [3.8, 4) is 12.0 Å². The summed E-state index contributed by atoms with van der Waals surface area (Å²) in [6, 6.07) is 0.577. The molecule has 5 aliphatic rings. The first-order chi connectivity index (χ1) is 24.7. The van der Waals surface area contributed by atoms with Crippen molar-refractivity contribution in [1.29, 1.82) is 0 Å². The van der Waals surface area contributed by atoms with Gasteiger partial charge in [0.2, 0.25) is 12.3 Å². The lowest BCUT2D eigenvalue weighted by Crippen LogP contribution is -2.41. The minimum atomic E-state index is -1.36. The van der Waals surface area contributed by atoms with Crippen LogP contribution in [-0.4, -0.2) is 117 Å². The zero-order valence-electron chi connectivity index (χ0n) is 30.4. The third-order valence-corrected chi connectivity index (χ3v) is 9.64. The van der Waals surface area contributed by atoms with Crippen molar-refractivity contribution in [3.05, 3.63) is 76.8 Å². The average Bonchev–Trinajstić information content (AvgIpc) is 3.88. The summed E-state index contributed by atoms with van der Waals surface area (Å²) in [6.45, 7) is 8.34. The summed E-state index contributed by atoms with van der Waals surface area (Å²) in [5.74, 6) is 0. The van der Waals surface area contributed by atoms with Crippen LogP contribution in [0.2, 0.25) is 0 Å². The van der Waals surface area contributed by atoms with Crippen molar-refractivity contribution < 1.29 is 60.7 Å². The number of hydrogen-bond donors (Lipinski definition) is 7. The Morgan fingerprint density at radius 1 is 0.755 bits per heavy atom. The molecule has 0 spiro atoms. The summed E-state index contributed by atoms with van der Waals surface area (Å²) < 4.78 is 32.1. The van der Waals surface area contributed by atoms with Crippen molar-refractivity contribution in [2.24, 2.45) is 0 Å². The Balaban J connectivity index is 0.000000177. The van der Waals surface area contributed by atoms with Crippen LogP contribution in [0.4, 0.5) is 0 Å². The van der Waals surface area contributed by atoms with E-state index in [9.17, 15) is 39.6 Å². The Morgan fingerprint density at radius 2 is 1.36 bits per heavy atom. The van der Waals surface area contributed by atoms with Gasteiger partial charge in [-0.05, 0) is 33.6 Å². The van der Waals surface area contributed by atoms with Crippen molar-refractivity contribution in [2.75, 3.05) is 6.61 Å². The molecule has 53 heavy (non-hydrogen) atoms. The summed E-state index contributed by atoms with van der Waals surface area (Å²) in [5.41, 5.74) is -0.363. The van der Waals surface area contributed by atoms with Crippen LogP contribution in [0.1, 0.15) is 63.5 Å². The molecule has 5 aliphatic heterocycles. The van der Waals surface area contributed by atoms with Gasteiger partial charge in [0.1, 0.15) is 36.7 Å². The van der Waals surface area contributed by atoms with Crippen LogP contribution in [0.5, 0.6) is 12.0 Å². The molecule has 8 heterocycles. The van der Waals surface area contributed by atoms with E-state index >= 15 is 0 Å². The number of hydrogen-bond acceptors (Lipinski definition) is 16. The molecule has 21 nitrogen and oxygen atoms in total. The molecule has 0 aliphatic carbocycles. The van der Waals surface area contributed by atoms with Crippen LogP contribution in [-0.2, 0) is 14.2 Å². The van der Waals surface area contributed by atoms with Crippen molar-refractivity contribution in [3.63, 3.8) is 0 Å². The number of aromatic amines is 2. The highest BCUT2D eigenvalue weighted by molar-refractivity contribution is 5.15. The number of nitrogens with zero attached hydrogens (tertiary/aromatic N) is 4. The Labute approximate surface area is 301 Å². The molecule has 8 N–H and O–H groups in total. The molecule has 12 atom stereocenters. The van der Waals surface area contributed by atoms with Gasteiger partial charge >= 0.3 is 24.7 Å². The molecular weight excluding hydrogens is 708 g/mol. The van der Waals surface area contributed by atoms with Gasteiger partial charge in [0.15, 0.2) is 18.6 Å². The molecule has 0 radical (unpaired) electrons. The summed E-state index contributed by atoms with van der Waals surface area (Å²) >= 11 is 0. The smallest absolute Gasteiger partial charge is 0.870 e. The van der Waals surface area contributed by atoms with E-state index in [-0.39, 0.29) is 54.3 Å². The molecule has 0 aromatic carbocycles. The first kappa shape index (κ1) is 39.9. The van der Waals surface area contributed by atoms with Gasteiger partial charge in [-0.1, -0.05) is 13.8 Å². The maximum absolute atomic E-state index is 11.6. The molecule has 0 amide bonds. The first-order valence-corrected chi connectivity index (χ1v) is 16.9. The standard InChI is InChI=1S/2C11H14N2O4.C10H14N2O6.H2O/c2*1-3-6-7(14)8-10(16-6)13-4-5(2)9(15)12-11(13)17-8;1-4-2-12(10(17)11-8(4)16)9-7(15)6(14)5(3-13)18-9;/h2*4,6-8,10,14H,3H2,1-2H3;2,5-7,9,13-15H,3H2,1H3,(H,11,16,17);1H2/p+1/t;;5-,6+,7?,9-;/m..1./s1. The van der Waals surface area contributed by atoms with Crippen LogP contribution >= 0.6 is 0 Å². The number of aliphatic hydroxyl groups excluding tert-OH is 5. The average molecular weight is 754 g/mol. The Morgan fingerprint density at radius 3 is 2.00 bits per heavy atom. The third-order valence-electron chi connectivity index (χ3n) is 9.64. The normalized spacial score (nSPS) is 32.8. The summed E-state index contributed by atoms with van der Waals surface area (Å²) in [7, 11) is 0. The molecule has 3 aromatic heterocycles. The van der Waals surface area contributed by atoms with Gasteiger partial charge in [0.05, 0.1) is 24.4 Å². The molecule has 3 saturated heterocycles. The monoisotopic (exact) mass is 753 g/mol. The van der Waals surface area contributed by atoms with E-state index in [0.29, 0.717) is 17.1 Å². The lowest BCUT2D eigenvalue weighted by Gasteiger charge is -2.17. The van der Waals surface area contributed by atoms with Crippen LogP contribution in [0.15, 0.2) is 37.8 Å². The molecule has 292 valence electrons. The Kier molecular flexibility index (Phi) is 11.7. The molecule has 3 fully saturated rings. The lowest BCUT2D eigenvalue weighted by atomic mass is 10.1. The topological polar surface area (TPSA) is 304 Å². The van der Waals surface area contributed by atoms with E-state index in [4.69, 9.17) is 28.8 Å². The minimum absolute atomic E-state index is 0.